The largest absolute Gasteiger partial charge is 0.396 e. The van der Waals surface area contributed by atoms with Crippen LogP contribution in [0.15, 0.2) is 0 Å². The van der Waals surface area contributed by atoms with Crippen LogP contribution in [0, 0.1) is 5.41 Å². The van der Waals surface area contributed by atoms with Crippen LogP contribution in [-0.2, 0) is 10.1 Å². The molecule has 0 amide bonds. The molecule has 0 heterocycles. The third kappa shape index (κ3) is 8.21. The quantitative estimate of drug-likeness (QED) is 0.508. The fourth-order valence-corrected chi connectivity index (χ4v) is 1.54. The van der Waals surface area contributed by atoms with Crippen LogP contribution in [-0.4, -0.2) is 30.4 Å². The van der Waals surface area contributed by atoms with Crippen molar-refractivity contribution in [3.63, 3.8) is 0 Å². The van der Waals surface area contributed by atoms with Crippen LogP contribution in [0.25, 0.3) is 0 Å². The van der Waals surface area contributed by atoms with E-state index in [1.54, 1.807) is 0 Å². The minimum atomic E-state index is -3.81. The van der Waals surface area contributed by atoms with E-state index in [4.69, 9.17) is 9.66 Å². The van der Waals surface area contributed by atoms with Crippen molar-refractivity contribution in [2.75, 3.05) is 12.4 Å². The van der Waals surface area contributed by atoms with E-state index in [-0.39, 0.29) is 17.8 Å². The van der Waals surface area contributed by atoms with Gasteiger partial charge in [0, 0.05) is 6.61 Å². The Labute approximate surface area is 79.7 Å². The number of hydrogen-bond donors (Lipinski definition) is 2. The van der Waals surface area contributed by atoms with Gasteiger partial charge in [0.2, 0.25) is 0 Å². The minimum Gasteiger partial charge on any atom is -0.396 e. The summed E-state index contributed by atoms with van der Waals surface area (Å²) in [5, 5.41) is 8.89. The van der Waals surface area contributed by atoms with Crippen LogP contribution in [0.1, 0.15) is 33.1 Å². The van der Waals surface area contributed by atoms with E-state index in [2.05, 4.69) is 0 Å². The molecule has 80 valence electrons. The Morgan fingerprint density at radius 1 is 1.23 bits per heavy atom. The summed E-state index contributed by atoms with van der Waals surface area (Å²) in [6.45, 7) is 3.93. The smallest absolute Gasteiger partial charge is 0.264 e. The van der Waals surface area contributed by atoms with Crippen LogP contribution < -0.4 is 0 Å². The van der Waals surface area contributed by atoms with Crippen LogP contribution in [0.2, 0.25) is 0 Å². The summed E-state index contributed by atoms with van der Waals surface area (Å²) in [5.41, 5.74) is -0.154. The molecule has 4 nitrogen and oxygen atoms in total. The molecule has 0 aromatic heterocycles. The molecule has 0 spiro atoms. The molecular weight excluding hydrogens is 192 g/mol. The first-order valence-corrected chi connectivity index (χ1v) is 5.94. The molecule has 0 bridgehead atoms. The van der Waals surface area contributed by atoms with E-state index in [1.807, 2.05) is 13.8 Å². The normalized spacial score (nSPS) is 13.2. The zero-order valence-electron chi connectivity index (χ0n) is 8.15. The molecule has 0 unspecified atom stereocenters. The van der Waals surface area contributed by atoms with Crippen LogP contribution in [0.4, 0.5) is 0 Å². The van der Waals surface area contributed by atoms with Gasteiger partial charge in [-0.2, -0.15) is 8.42 Å². The van der Waals surface area contributed by atoms with Crippen molar-refractivity contribution < 1.29 is 18.1 Å². The van der Waals surface area contributed by atoms with Gasteiger partial charge < -0.3 is 5.11 Å². The molecule has 13 heavy (non-hydrogen) atoms. The molecule has 0 radical (unpaired) electrons. The van der Waals surface area contributed by atoms with Crippen molar-refractivity contribution in [1.29, 1.82) is 0 Å². The van der Waals surface area contributed by atoms with Gasteiger partial charge in [-0.1, -0.05) is 20.3 Å². The standard InChI is InChI=1S/C8H18O4S/c1-8(2,7-9)5-3-4-6-13(10,11)12/h9H,3-7H2,1-2H3,(H,10,11,12). The first kappa shape index (κ1) is 12.9. The molecule has 0 atom stereocenters. The summed E-state index contributed by atoms with van der Waals surface area (Å²) < 4.78 is 29.1. The predicted octanol–water partition coefficient (Wildman–Crippen LogP) is 1.06. The topological polar surface area (TPSA) is 74.6 Å². The monoisotopic (exact) mass is 210 g/mol. The highest BCUT2D eigenvalue weighted by Gasteiger charge is 2.16. The van der Waals surface area contributed by atoms with Crippen molar-refractivity contribution in [3.8, 4) is 0 Å². The van der Waals surface area contributed by atoms with Crippen molar-refractivity contribution >= 4 is 10.1 Å². The van der Waals surface area contributed by atoms with E-state index in [0.29, 0.717) is 12.8 Å². The van der Waals surface area contributed by atoms with Crippen LogP contribution in [0.5, 0.6) is 0 Å². The molecule has 0 aliphatic carbocycles. The van der Waals surface area contributed by atoms with Gasteiger partial charge in [0.05, 0.1) is 5.75 Å². The van der Waals surface area contributed by atoms with Crippen molar-refractivity contribution in [1.82, 2.24) is 0 Å². The SMILES string of the molecule is CC(C)(CO)CCCCS(=O)(=O)O. The number of aliphatic hydroxyl groups is 1. The molecule has 5 heteroatoms. The summed E-state index contributed by atoms with van der Waals surface area (Å²) in [6.07, 6.45) is 1.91. The maximum atomic E-state index is 10.3. The Morgan fingerprint density at radius 2 is 1.77 bits per heavy atom. The molecule has 0 aromatic carbocycles. The predicted molar refractivity (Wildman–Crippen MR) is 51.1 cm³/mol. The maximum Gasteiger partial charge on any atom is 0.264 e. The molecule has 0 saturated carbocycles. The van der Waals surface area contributed by atoms with E-state index in [9.17, 15) is 8.42 Å². The van der Waals surface area contributed by atoms with Gasteiger partial charge in [-0.15, -0.1) is 0 Å². The fourth-order valence-electron chi connectivity index (χ4n) is 0.967. The molecule has 0 fully saturated rings. The molecule has 2 N–H and O–H groups in total. The Hall–Kier alpha value is -0.130. The van der Waals surface area contributed by atoms with Gasteiger partial charge in [0.25, 0.3) is 10.1 Å². The lowest BCUT2D eigenvalue weighted by Crippen LogP contribution is -2.16. The first-order chi connectivity index (χ1) is 5.77. The molecular formula is C8H18O4S. The zero-order valence-corrected chi connectivity index (χ0v) is 8.97. The molecule has 0 rings (SSSR count). The first-order valence-electron chi connectivity index (χ1n) is 4.33. The minimum absolute atomic E-state index is 0.0961. The Bertz CT molecular complexity index is 231. The highest BCUT2D eigenvalue weighted by atomic mass is 32.2. The number of hydrogen-bond acceptors (Lipinski definition) is 3. The number of aliphatic hydroxyl groups excluding tert-OH is 1. The molecule has 0 aliphatic rings. The number of rotatable bonds is 6. The Balaban J connectivity index is 3.58. The summed E-state index contributed by atoms with van der Waals surface area (Å²) in [5.74, 6) is -0.186. The average Bonchev–Trinajstić information content (AvgIpc) is 1.97. The summed E-state index contributed by atoms with van der Waals surface area (Å²) in [4.78, 5) is 0. The lowest BCUT2D eigenvalue weighted by molar-refractivity contribution is 0.148. The fraction of sp³-hybridized carbons (Fsp3) is 1.00. The zero-order chi connectivity index (χ0) is 10.5. The third-order valence-electron chi connectivity index (χ3n) is 1.93. The van der Waals surface area contributed by atoms with Gasteiger partial charge in [-0.05, 0) is 18.3 Å². The van der Waals surface area contributed by atoms with E-state index in [1.165, 1.54) is 0 Å². The maximum absolute atomic E-state index is 10.3. The lowest BCUT2D eigenvalue weighted by Gasteiger charge is -2.20. The second-order valence-corrected chi connectivity index (χ2v) is 5.64. The van der Waals surface area contributed by atoms with Gasteiger partial charge in [0.15, 0.2) is 0 Å². The summed E-state index contributed by atoms with van der Waals surface area (Å²) in [7, 11) is -3.81. The highest BCUT2D eigenvalue weighted by Crippen LogP contribution is 2.21. The summed E-state index contributed by atoms with van der Waals surface area (Å²) in [6, 6.07) is 0. The lowest BCUT2D eigenvalue weighted by atomic mass is 9.88. The van der Waals surface area contributed by atoms with Crippen LogP contribution >= 0.6 is 0 Å². The van der Waals surface area contributed by atoms with E-state index < -0.39 is 10.1 Å². The Kier molecular flexibility index (Phi) is 4.88. The van der Waals surface area contributed by atoms with Gasteiger partial charge in [0.1, 0.15) is 0 Å². The molecule has 0 aliphatic heterocycles. The van der Waals surface area contributed by atoms with Crippen molar-refractivity contribution in [2.24, 2.45) is 5.41 Å². The van der Waals surface area contributed by atoms with Crippen molar-refractivity contribution in [2.45, 2.75) is 33.1 Å². The molecule has 0 saturated heterocycles. The van der Waals surface area contributed by atoms with Gasteiger partial charge in [-0.25, -0.2) is 0 Å². The molecule has 0 aromatic rings. The third-order valence-corrected chi connectivity index (χ3v) is 2.74. The number of unbranched alkanes of at least 4 members (excludes halogenated alkanes) is 1. The van der Waals surface area contributed by atoms with Crippen molar-refractivity contribution in [3.05, 3.63) is 0 Å². The Morgan fingerprint density at radius 3 is 2.15 bits per heavy atom. The van der Waals surface area contributed by atoms with Gasteiger partial charge >= 0.3 is 0 Å². The second-order valence-electron chi connectivity index (χ2n) is 4.07. The summed E-state index contributed by atoms with van der Waals surface area (Å²) >= 11 is 0. The van der Waals surface area contributed by atoms with Gasteiger partial charge in [-0.3, -0.25) is 4.55 Å². The highest BCUT2D eigenvalue weighted by molar-refractivity contribution is 7.85. The average molecular weight is 210 g/mol. The van der Waals surface area contributed by atoms with Crippen LogP contribution in [0.3, 0.4) is 0 Å². The second kappa shape index (κ2) is 4.93. The van der Waals surface area contributed by atoms with E-state index in [0.717, 1.165) is 6.42 Å². The van der Waals surface area contributed by atoms with E-state index >= 15 is 0 Å².